The number of allylic oxidation sites excluding steroid dienone is 1. The van der Waals surface area contributed by atoms with Crippen LogP contribution >= 0.6 is 11.8 Å². The van der Waals surface area contributed by atoms with Gasteiger partial charge in [-0.3, -0.25) is 4.79 Å². The number of hydrogen-bond donors (Lipinski definition) is 1. The van der Waals surface area contributed by atoms with Gasteiger partial charge < -0.3 is 10.1 Å². The fourth-order valence-electron chi connectivity index (χ4n) is 3.58. The van der Waals surface area contributed by atoms with Crippen LogP contribution in [-0.4, -0.2) is 13.0 Å². The molecule has 152 valence electrons. The van der Waals surface area contributed by atoms with Gasteiger partial charge in [-0.2, -0.15) is 0 Å². The maximum Gasteiger partial charge on any atom is 0.251 e. The molecule has 2 aromatic rings. The zero-order valence-corrected chi connectivity index (χ0v) is 18.1. The van der Waals surface area contributed by atoms with Gasteiger partial charge in [0.1, 0.15) is 5.75 Å². The van der Waals surface area contributed by atoms with E-state index in [0.717, 1.165) is 16.8 Å². The number of nitrogens with one attached hydrogen (secondary N) is 1. The smallest absolute Gasteiger partial charge is 0.251 e. The number of carbonyl (C=O) groups is 1. The van der Waals surface area contributed by atoms with Crippen LogP contribution in [0.2, 0.25) is 0 Å². The van der Waals surface area contributed by atoms with E-state index in [0.29, 0.717) is 17.2 Å². The zero-order valence-electron chi connectivity index (χ0n) is 17.2. The zero-order chi connectivity index (χ0) is 20.6. The highest BCUT2D eigenvalue weighted by atomic mass is 32.2. The second-order valence-corrected chi connectivity index (χ2v) is 8.45. The van der Waals surface area contributed by atoms with Gasteiger partial charge in [-0.1, -0.05) is 56.2 Å². The molecule has 0 saturated heterocycles. The summed E-state index contributed by atoms with van der Waals surface area (Å²) >= 11 is 1.60. The Kier molecular flexibility index (Phi) is 7.59. The molecule has 0 unspecified atom stereocenters. The summed E-state index contributed by atoms with van der Waals surface area (Å²) in [5.41, 5.74) is 3.43. The summed E-state index contributed by atoms with van der Waals surface area (Å²) in [6, 6.07) is 15.8. The Balaban J connectivity index is 1.72. The SMILES string of the molecule is C=C(S/C=C(\C)C(=O)Nc1cc(OC)ccc1-c1ccccc1)C1CCCCC1. The van der Waals surface area contributed by atoms with Crippen LogP contribution in [0.25, 0.3) is 11.1 Å². The van der Waals surface area contributed by atoms with Crippen LogP contribution in [0, 0.1) is 5.92 Å². The van der Waals surface area contributed by atoms with Crippen molar-refractivity contribution >= 4 is 23.4 Å². The van der Waals surface area contributed by atoms with E-state index in [1.54, 1.807) is 18.9 Å². The van der Waals surface area contributed by atoms with Crippen LogP contribution in [0.1, 0.15) is 39.0 Å². The van der Waals surface area contributed by atoms with Gasteiger partial charge in [-0.15, -0.1) is 11.8 Å². The van der Waals surface area contributed by atoms with E-state index < -0.39 is 0 Å². The number of methoxy groups -OCH3 is 1. The highest BCUT2D eigenvalue weighted by Crippen LogP contribution is 2.36. The number of hydrogen-bond acceptors (Lipinski definition) is 3. The number of anilines is 1. The molecular weight excluding hydrogens is 378 g/mol. The molecule has 1 saturated carbocycles. The van der Waals surface area contributed by atoms with E-state index in [4.69, 9.17) is 4.74 Å². The molecule has 1 amide bonds. The van der Waals surface area contributed by atoms with E-state index in [1.807, 2.05) is 60.9 Å². The lowest BCUT2D eigenvalue weighted by molar-refractivity contribution is -0.112. The summed E-state index contributed by atoms with van der Waals surface area (Å²) in [5, 5.41) is 4.98. The van der Waals surface area contributed by atoms with Gasteiger partial charge in [-0.05, 0) is 53.7 Å². The third-order valence-electron chi connectivity index (χ3n) is 5.37. The normalized spacial score (nSPS) is 15.0. The van der Waals surface area contributed by atoms with Gasteiger partial charge in [0, 0.05) is 17.2 Å². The molecule has 1 aliphatic rings. The maximum absolute atomic E-state index is 12.8. The molecule has 2 aromatic carbocycles. The molecule has 0 heterocycles. The number of carbonyl (C=O) groups excluding carboxylic acids is 1. The van der Waals surface area contributed by atoms with Crippen molar-refractivity contribution in [3.63, 3.8) is 0 Å². The largest absolute Gasteiger partial charge is 0.497 e. The molecule has 29 heavy (non-hydrogen) atoms. The number of rotatable bonds is 7. The van der Waals surface area contributed by atoms with E-state index in [1.165, 1.54) is 37.0 Å². The minimum atomic E-state index is -0.112. The topological polar surface area (TPSA) is 38.3 Å². The average Bonchev–Trinajstić information content (AvgIpc) is 2.78. The first-order valence-corrected chi connectivity index (χ1v) is 11.0. The van der Waals surface area contributed by atoms with Crippen LogP contribution in [0.3, 0.4) is 0 Å². The Labute approximate surface area is 178 Å². The highest BCUT2D eigenvalue weighted by Gasteiger charge is 2.17. The molecule has 0 radical (unpaired) electrons. The van der Waals surface area contributed by atoms with Gasteiger partial charge >= 0.3 is 0 Å². The Hall–Kier alpha value is -2.46. The van der Waals surface area contributed by atoms with E-state index in [-0.39, 0.29) is 5.91 Å². The van der Waals surface area contributed by atoms with Gasteiger partial charge in [0.25, 0.3) is 5.91 Å². The maximum atomic E-state index is 12.8. The van der Waals surface area contributed by atoms with Gasteiger partial charge in [0.15, 0.2) is 0 Å². The quantitative estimate of drug-likeness (QED) is 0.501. The van der Waals surface area contributed by atoms with Crippen LogP contribution in [-0.2, 0) is 4.79 Å². The van der Waals surface area contributed by atoms with Crippen molar-refractivity contribution in [3.8, 4) is 16.9 Å². The summed E-state index contributed by atoms with van der Waals surface area (Å²) in [4.78, 5) is 14.0. The number of thioether (sulfide) groups is 1. The first-order valence-electron chi connectivity index (χ1n) is 10.2. The second-order valence-electron chi connectivity index (χ2n) is 7.45. The summed E-state index contributed by atoms with van der Waals surface area (Å²) in [6.45, 7) is 6.09. The molecule has 0 aliphatic heterocycles. The number of ether oxygens (including phenoxy) is 1. The molecule has 0 bridgehead atoms. The lowest BCUT2D eigenvalue weighted by Gasteiger charge is -2.22. The summed E-state index contributed by atoms with van der Waals surface area (Å²) in [5.74, 6) is 1.17. The van der Waals surface area contributed by atoms with Crippen LogP contribution in [0.5, 0.6) is 5.75 Å². The first kappa shape index (κ1) is 21.3. The predicted molar refractivity (Wildman–Crippen MR) is 124 cm³/mol. The Morgan fingerprint density at radius 1 is 1.14 bits per heavy atom. The second kappa shape index (κ2) is 10.4. The Bertz CT molecular complexity index is 883. The summed E-state index contributed by atoms with van der Waals surface area (Å²) in [7, 11) is 1.63. The standard InChI is InChI=1S/C25H29NO2S/c1-18(17-29-19(2)20-10-6-4-7-11-20)25(27)26-24-16-22(28-3)14-15-23(24)21-12-8-5-9-13-21/h5,8-9,12-17,20H,2,4,6-7,10-11H2,1,3H3,(H,26,27)/b18-17+. The molecule has 0 aromatic heterocycles. The van der Waals surface area contributed by atoms with E-state index in [9.17, 15) is 4.79 Å². The molecule has 1 fully saturated rings. The van der Waals surface area contributed by atoms with Crippen molar-refractivity contribution in [2.75, 3.05) is 12.4 Å². The van der Waals surface area contributed by atoms with Crippen LogP contribution in [0.4, 0.5) is 5.69 Å². The first-order chi connectivity index (χ1) is 14.1. The van der Waals surface area contributed by atoms with Crippen molar-refractivity contribution in [1.29, 1.82) is 0 Å². The van der Waals surface area contributed by atoms with Gasteiger partial charge in [0.05, 0.1) is 12.8 Å². The van der Waals surface area contributed by atoms with Crippen molar-refractivity contribution in [3.05, 3.63) is 71.0 Å². The molecule has 1 aliphatic carbocycles. The lowest BCUT2D eigenvalue weighted by atomic mass is 9.89. The van der Waals surface area contributed by atoms with Crippen molar-refractivity contribution in [2.45, 2.75) is 39.0 Å². The third-order valence-corrected chi connectivity index (χ3v) is 6.47. The summed E-state index contributed by atoms with van der Waals surface area (Å²) in [6.07, 6.45) is 6.33. The summed E-state index contributed by atoms with van der Waals surface area (Å²) < 4.78 is 5.35. The van der Waals surface area contributed by atoms with Crippen molar-refractivity contribution in [1.82, 2.24) is 0 Å². The molecule has 0 spiro atoms. The minimum Gasteiger partial charge on any atom is -0.497 e. The molecule has 0 atom stereocenters. The van der Waals surface area contributed by atoms with Crippen LogP contribution in [0.15, 0.2) is 71.0 Å². The molecule has 3 nitrogen and oxygen atoms in total. The Morgan fingerprint density at radius 3 is 2.55 bits per heavy atom. The fraction of sp³-hybridized carbons (Fsp3) is 0.320. The van der Waals surface area contributed by atoms with Gasteiger partial charge in [-0.25, -0.2) is 0 Å². The minimum absolute atomic E-state index is 0.112. The van der Waals surface area contributed by atoms with Crippen LogP contribution < -0.4 is 10.1 Å². The van der Waals surface area contributed by atoms with E-state index >= 15 is 0 Å². The molecular formula is C25H29NO2S. The predicted octanol–water partition coefficient (Wildman–Crippen LogP) is 7.03. The fourth-order valence-corrected chi connectivity index (χ4v) is 4.45. The lowest BCUT2D eigenvalue weighted by Crippen LogP contribution is -2.13. The third kappa shape index (κ3) is 5.77. The molecule has 1 N–H and O–H groups in total. The Morgan fingerprint density at radius 2 is 1.86 bits per heavy atom. The molecule has 4 heteroatoms. The molecule has 3 rings (SSSR count). The number of amides is 1. The monoisotopic (exact) mass is 407 g/mol. The number of benzene rings is 2. The van der Waals surface area contributed by atoms with Crippen molar-refractivity contribution < 1.29 is 9.53 Å². The van der Waals surface area contributed by atoms with E-state index in [2.05, 4.69) is 11.9 Å². The van der Waals surface area contributed by atoms with Crippen molar-refractivity contribution in [2.24, 2.45) is 5.92 Å². The average molecular weight is 408 g/mol. The van der Waals surface area contributed by atoms with Gasteiger partial charge in [0.2, 0.25) is 0 Å². The highest BCUT2D eigenvalue weighted by molar-refractivity contribution is 8.05.